The van der Waals surface area contributed by atoms with Crippen molar-refractivity contribution in [3.05, 3.63) is 28.0 Å². The highest BCUT2D eigenvalue weighted by atomic mass is 35.5. The molecule has 0 heterocycles. The highest BCUT2D eigenvalue weighted by Gasteiger charge is 2.31. The summed E-state index contributed by atoms with van der Waals surface area (Å²) in [7, 11) is 1.67. The van der Waals surface area contributed by atoms with Crippen molar-refractivity contribution in [2.75, 3.05) is 19.0 Å². The van der Waals surface area contributed by atoms with Gasteiger partial charge >= 0.3 is 0 Å². The second-order valence-electron chi connectivity index (χ2n) is 4.30. The first kappa shape index (κ1) is 12.9. The molecule has 0 saturated heterocycles. The maximum absolute atomic E-state index is 13.3. The van der Waals surface area contributed by atoms with E-state index in [1.54, 1.807) is 19.2 Å². The molecule has 0 radical (unpaired) electrons. The Balaban J connectivity index is 2.11. The van der Waals surface area contributed by atoms with Gasteiger partial charge in [0.2, 0.25) is 0 Å². The molecular formula is C12H14Cl2FNO. The molecule has 17 heavy (non-hydrogen) atoms. The van der Waals surface area contributed by atoms with Crippen LogP contribution in [0.2, 0.25) is 10.0 Å². The standard InChI is InChI=1S/C12H14Cl2FNO/c1-17-6-11(7-2-3-7)16-8-4-9(13)12(15)10(14)5-8/h4-5,7,11,16H,2-3,6H2,1H3. The SMILES string of the molecule is COCC(Nc1cc(Cl)c(F)c(Cl)c1)C1CC1. The molecule has 2 nitrogen and oxygen atoms in total. The first-order chi connectivity index (χ1) is 8.11. The Labute approximate surface area is 110 Å². The maximum atomic E-state index is 13.3. The zero-order valence-corrected chi connectivity index (χ0v) is 11.0. The normalized spacial score (nSPS) is 16.9. The molecule has 94 valence electrons. The molecule has 1 saturated carbocycles. The molecule has 0 spiro atoms. The first-order valence-corrected chi connectivity index (χ1v) is 6.27. The fourth-order valence-electron chi connectivity index (χ4n) is 1.83. The van der Waals surface area contributed by atoms with Crippen LogP contribution in [0.1, 0.15) is 12.8 Å². The molecule has 1 aliphatic rings. The molecule has 1 unspecified atom stereocenters. The summed E-state index contributed by atoms with van der Waals surface area (Å²) in [4.78, 5) is 0. The average Bonchev–Trinajstić information content (AvgIpc) is 3.09. The number of benzene rings is 1. The third-order valence-electron chi connectivity index (χ3n) is 2.87. The van der Waals surface area contributed by atoms with E-state index in [0.717, 1.165) is 5.69 Å². The van der Waals surface area contributed by atoms with E-state index in [2.05, 4.69) is 5.32 Å². The van der Waals surface area contributed by atoms with Crippen molar-refractivity contribution in [3.63, 3.8) is 0 Å². The first-order valence-electron chi connectivity index (χ1n) is 5.52. The summed E-state index contributed by atoms with van der Waals surface area (Å²) in [6, 6.07) is 3.33. The number of halogens is 3. The van der Waals surface area contributed by atoms with Crippen molar-refractivity contribution in [3.8, 4) is 0 Å². The fraction of sp³-hybridized carbons (Fsp3) is 0.500. The molecule has 0 amide bonds. The maximum Gasteiger partial charge on any atom is 0.160 e. The molecule has 0 bridgehead atoms. The predicted molar refractivity (Wildman–Crippen MR) is 68.4 cm³/mol. The Bertz CT molecular complexity index is 386. The second-order valence-corrected chi connectivity index (χ2v) is 5.11. The summed E-state index contributed by atoms with van der Waals surface area (Å²) in [6.07, 6.45) is 2.40. The van der Waals surface area contributed by atoms with E-state index < -0.39 is 5.82 Å². The van der Waals surface area contributed by atoms with Crippen LogP contribution in [-0.4, -0.2) is 19.8 Å². The van der Waals surface area contributed by atoms with Crippen LogP contribution < -0.4 is 5.32 Å². The smallest absolute Gasteiger partial charge is 0.160 e. The Kier molecular flexibility index (Phi) is 4.13. The van der Waals surface area contributed by atoms with Gasteiger partial charge in [-0.2, -0.15) is 0 Å². The molecule has 2 rings (SSSR count). The second kappa shape index (κ2) is 5.42. The Morgan fingerprint density at radius 2 is 2.00 bits per heavy atom. The van der Waals surface area contributed by atoms with Crippen LogP contribution in [0, 0.1) is 11.7 Å². The highest BCUT2D eigenvalue weighted by molar-refractivity contribution is 6.35. The lowest BCUT2D eigenvalue weighted by Crippen LogP contribution is -2.27. The van der Waals surface area contributed by atoms with Gasteiger partial charge in [-0.25, -0.2) is 4.39 Å². The lowest BCUT2D eigenvalue weighted by molar-refractivity contribution is 0.179. The van der Waals surface area contributed by atoms with Crippen molar-refractivity contribution < 1.29 is 9.13 Å². The summed E-state index contributed by atoms with van der Waals surface area (Å²) in [6.45, 7) is 0.622. The number of methoxy groups -OCH3 is 1. The van der Waals surface area contributed by atoms with Crippen molar-refractivity contribution in [2.45, 2.75) is 18.9 Å². The molecule has 0 aliphatic heterocycles. The summed E-state index contributed by atoms with van der Waals surface area (Å²) in [5, 5.41) is 3.36. The molecular weight excluding hydrogens is 264 g/mol. The molecule has 1 aromatic rings. The number of ether oxygens (including phenoxy) is 1. The predicted octanol–water partition coefficient (Wildman–Crippen LogP) is 3.97. The quantitative estimate of drug-likeness (QED) is 0.823. The number of nitrogens with one attached hydrogen (secondary N) is 1. The van der Waals surface area contributed by atoms with E-state index in [-0.39, 0.29) is 16.1 Å². The summed E-state index contributed by atoms with van der Waals surface area (Å²) < 4.78 is 18.4. The van der Waals surface area contributed by atoms with Gasteiger partial charge in [0, 0.05) is 12.8 Å². The van der Waals surface area contributed by atoms with E-state index in [9.17, 15) is 4.39 Å². The third kappa shape index (κ3) is 3.24. The average molecular weight is 278 g/mol. The molecule has 0 aromatic heterocycles. The zero-order valence-electron chi connectivity index (χ0n) is 9.47. The Morgan fingerprint density at radius 1 is 1.41 bits per heavy atom. The van der Waals surface area contributed by atoms with Crippen molar-refractivity contribution in [2.24, 2.45) is 5.92 Å². The van der Waals surface area contributed by atoms with Crippen LogP contribution in [0.5, 0.6) is 0 Å². The molecule has 1 aromatic carbocycles. The van der Waals surface area contributed by atoms with Gasteiger partial charge in [-0.1, -0.05) is 23.2 Å². The molecule has 1 atom stereocenters. The number of anilines is 1. The summed E-state index contributed by atoms with van der Waals surface area (Å²) in [5.74, 6) is 0.0474. The van der Waals surface area contributed by atoms with Crippen LogP contribution in [0.25, 0.3) is 0 Å². The van der Waals surface area contributed by atoms with Gasteiger partial charge in [-0.3, -0.25) is 0 Å². The van der Waals surface area contributed by atoms with E-state index in [4.69, 9.17) is 27.9 Å². The van der Waals surface area contributed by atoms with E-state index in [0.29, 0.717) is 12.5 Å². The third-order valence-corrected chi connectivity index (χ3v) is 3.42. The minimum absolute atomic E-state index is 0.0342. The Hall–Kier alpha value is -0.510. The lowest BCUT2D eigenvalue weighted by atomic mass is 10.2. The Morgan fingerprint density at radius 3 is 2.47 bits per heavy atom. The molecule has 1 fully saturated rings. The van der Waals surface area contributed by atoms with Gasteiger partial charge < -0.3 is 10.1 Å². The molecule has 1 aliphatic carbocycles. The van der Waals surface area contributed by atoms with Crippen LogP contribution >= 0.6 is 23.2 Å². The van der Waals surface area contributed by atoms with Gasteiger partial charge in [0.15, 0.2) is 5.82 Å². The molecule has 1 N–H and O–H groups in total. The van der Waals surface area contributed by atoms with Crippen molar-refractivity contribution >= 4 is 28.9 Å². The van der Waals surface area contributed by atoms with Gasteiger partial charge in [-0.15, -0.1) is 0 Å². The summed E-state index contributed by atoms with van der Waals surface area (Å²) >= 11 is 11.5. The van der Waals surface area contributed by atoms with E-state index in [1.165, 1.54) is 12.8 Å². The monoisotopic (exact) mass is 277 g/mol. The minimum Gasteiger partial charge on any atom is -0.383 e. The number of hydrogen-bond acceptors (Lipinski definition) is 2. The van der Waals surface area contributed by atoms with Gasteiger partial charge in [0.1, 0.15) is 0 Å². The van der Waals surface area contributed by atoms with Crippen LogP contribution in [0.4, 0.5) is 10.1 Å². The van der Waals surface area contributed by atoms with Gasteiger partial charge in [-0.05, 0) is 30.9 Å². The van der Waals surface area contributed by atoms with Crippen LogP contribution in [0.15, 0.2) is 12.1 Å². The van der Waals surface area contributed by atoms with Crippen LogP contribution in [0.3, 0.4) is 0 Å². The molecule has 5 heteroatoms. The number of hydrogen-bond donors (Lipinski definition) is 1. The van der Waals surface area contributed by atoms with Gasteiger partial charge in [0.05, 0.1) is 22.7 Å². The largest absolute Gasteiger partial charge is 0.383 e. The minimum atomic E-state index is -0.575. The van der Waals surface area contributed by atoms with Crippen molar-refractivity contribution in [1.82, 2.24) is 0 Å². The topological polar surface area (TPSA) is 21.3 Å². The fourth-order valence-corrected chi connectivity index (χ4v) is 2.31. The van der Waals surface area contributed by atoms with E-state index >= 15 is 0 Å². The van der Waals surface area contributed by atoms with Gasteiger partial charge in [0.25, 0.3) is 0 Å². The lowest BCUT2D eigenvalue weighted by Gasteiger charge is -2.19. The number of rotatable bonds is 5. The zero-order chi connectivity index (χ0) is 12.4. The van der Waals surface area contributed by atoms with Crippen LogP contribution in [-0.2, 0) is 4.74 Å². The van der Waals surface area contributed by atoms with E-state index in [1.807, 2.05) is 0 Å². The highest BCUT2D eigenvalue weighted by Crippen LogP contribution is 2.35. The van der Waals surface area contributed by atoms with Crippen molar-refractivity contribution in [1.29, 1.82) is 0 Å². The summed E-state index contributed by atoms with van der Waals surface area (Å²) in [5.41, 5.74) is 0.732.